The summed E-state index contributed by atoms with van der Waals surface area (Å²) in [6.07, 6.45) is 6.80. The second kappa shape index (κ2) is 8.43. The highest BCUT2D eigenvalue weighted by atomic mass is 16.7. The number of hydrogen-bond donors (Lipinski definition) is 0. The van der Waals surface area contributed by atoms with Crippen molar-refractivity contribution in [1.82, 2.24) is 5.06 Å². The van der Waals surface area contributed by atoms with Gasteiger partial charge in [0.05, 0.1) is 7.11 Å². The molecule has 0 heterocycles. The Balaban J connectivity index is 3.40. The van der Waals surface area contributed by atoms with E-state index in [-0.39, 0.29) is 0 Å². The molecule has 0 aromatic carbocycles. The normalized spacial score (nSPS) is 12.3. The fourth-order valence-electron chi connectivity index (χ4n) is 0.840. The molecule has 0 unspecified atom stereocenters. The summed E-state index contributed by atoms with van der Waals surface area (Å²) >= 11 is 0. The van der Waals surface area contributed by atoms with E-state index in [1.807, 2.05) is 11.1 Å². The van der Waals surface area contributed by atoms with Crippen LogP contribution in [0.25, 0.3) is 0 Å². The summed E-state index contributed by atoms with van der Waals surface area (Å²) in [6, 6.07) is 0. The van der Waals surface area contributed by atoms with Crippen LogP contribution in [0.3, 0.4) is 0 Å². The Labute approximate surface area is 74.7 Å². The summed E-state index contributed by atoms with van der Waals surface area (Å²) in [4.78, 5) is 8.91. The van der Waals surface area contributed by atoms with Gasteiger partial charge in [-0.1, -0.05) is 13.0 Å². The van der Waals surface area contributed by atoms with Gasteiger partial charge in [-0.15, -0.1) is 0 Å². The lowest BCUT2D eigenvalue weighted by Gasteiger charge is -2.15. The van der Waals surface area contributed by atoms with Crippen molar-refractivity contribution in [3.63, 3.8) is 0 Å². The zero-order chi connectivity index (χ0) is 9.23. The lowest BCUT2D eigenvalue weighted by atomic mass is 10.4. The van der Waals surface area contributed by atoms with E-state index >= 15 is 0 Å². The molecule has 3 heteroatoms. The maximum atomic E-state index is 5.07. The third kappa shape index (κ3) is 6.07. The molecule has 0 saturated heterocycles. The van der Waals surface area contributed by atoms with Crippen molar-refractivity contribution in [3.05, 3.63) is 12.2 Å². The highest BCUT2D eigenvalue weighted by Crippen LogP contribution is 1.91. The molecule has 0 atom stereocenters. The molecule has 3 nitrogen and oxygen atoms in total. The minimum absolute atomic E-state index is 0.923. The van der Waals surface area contributed by atoms with Gasteiger partial charge < -0.3 is 4.84 Å². The molecule has 0 rings (SSSR count). The van der Waals surface area contributed by atoms with Crippen molar-refractivity contribution < 1.29 is 4.84 Å². The van der Waals surface area contributed by atoms with Gasteiger partial charge in [0, 0.05) is 26.4 Å². The van der Waals surface area contributed by atoms with Crippen molar-refractivity contribution in [2.45, 2.75) is 13.3 Å². The Morgan fingerprint density at radius 3 is 2.75 bits per heavy atom. The molecule has 0 spiro atoms. The number of hydrogen-bond acceptors (Lipinski definition) is 3. The Bertz CT molecular complexity index is 139. The summed E-state index contributed by atoms with van der Waals surface area (Å²) < 4.78 is 0. The standard InChI is InChI=1S/C9H18N2O/c1-4-11(12-3)9-7-5-6-8-10-2/h5-6,8H,4,7,9H2,1-3H3/b6-5-,10-8?. The Morgan fingerprint density at radius 1 is 1.50 bits per heavy atom. The van der Waals surface area contributed by atoms with Crippen LogP contribution in [0.15, 0.2) is 17.1 Å². The molecule has 70 valence electrons. The molecule has 0 amide bonds. The van der Waals surface area contributed by atoms with Crippen LogP contribution >= 0.6 is 0 Å². The zero-order valence-corrected chi connectivity index (χ0v) is 8.16. The summed E-state index contributed by atoms with van der Waals surface area (Å²) in [6.45, 7) is 3.92. The lowest BCUT2D eigenvalue weighted by molar-refractivity contribution is -0.125. The smallest absolute Gasteiger partial charge is 0.0575 e. The average Bonchev–Trinajstić information content (AvgIpc) is 2.11. The zero-order valence-electron chi connectivity index (χ0n) is 8.16. The summed E-state index contributed by atoms with van der Waals surface area (Å²) in [5, 5.41) is 1.91. The third-order valence-corrected chi connectivity index (χ3v) is 1.53. The average molecular weight is 170 g/mol. The van der Waals surface area contributed by atoms with Crippen LogP contribution < -0.4 is 0 Å². The van der Waals surface area contributed by atoms with Crippen molar-refractivity contribution in [2.24, 2.45) is 4.99 Å². The van der Waals surface area contributed by atoms with E-state index in [1.165, 1.54) is 0 Å². The SMILES string of the molecule is CCN(CC/C=C\C=NC)OC. The Kier molecular flexibility index (Phi) is 7.96. The van der Waals surface area contributed by atoms with Crippen LogP contribution in [-0.4, -0.2) is 38.5 Å². The number of hydroxylamine groups is 2. The monoisotopic (exact) mass is 170 g/mol. The Morgan fingerprint density at radius 2 is 2.25 bits per heavy atom. The van der Waals surface area contributed by atoms with Gasteiger partial charge in [-0.2, -0.15) is 5.06 Å². The summed E-state index contributed by atoms with van der Waals surface area (Å²) in [5.74, 6) is 0. The summed E-state index contributed by atoms with van der Waals surface area (Å²) in [7, 11) is 3.46. The fourth-order valence-corrected chi connectivity index (χ4v) is 0.840. The first-order valence-corrected chi connectivity index (χ1v) is 4.21. The van der Waals surface area contributed by atoms with Crippen LogP contribution in [0.4, 0.5) is 0 Å². The van der Waals surface area contributed by atoms with Gasteiger partial charge in [-0.05, 0) is 12.5 Å². The molecule has 0 aliphatic heterocycles. The predicted molar refractivity (Wildman–Crippen MR) is 52.4 cm³/mol. The maximum Gasteiger partial charge on any atom is 0.0575 e. The second-order valence-corrected chi connectivity index (χ2v) is 2.33. The number of nitrogens with zero attached hydrogens (tertiary/aromatic N) is 2. The molecule has 0 fully saturated rings. The third-order valence-electron chi connectivity index (χ3n) is 1.53. The quantitative estimate of drug-likeness (QED) is 0.446. The van der Waals surface area contributed by atoms with E-state index in [2.05, 4.69) is 18.0 Å². The van der Waals surface area contributed by atoms with Gasteiger partial charge >= 0.3 is 0 Å². The van der Waals surface area contributed by atoms with Crippen LogP contribution in [0, 0.1) is 0 Å². The van der Waals surface area contributed by atoms with Crippen molar-refractivity contribution >= 4 is 6.21 Å². The topological polar surface area (TPSA) is 24.8 Å². The lowest BCUT2D eigenvalue weighted by Crippen LogP contribution is -2.22. The molecule has 0 saturated carbocycles. The number of rotatable bonds is 6. The first-order chi connectivity index (χ1) is 5.85. The summed E-state index contributed by atoms with van der Waals surface area (Å²) in [5.41, 5.74) is 0. The molecule has 0 aromatic rings. The molecule has 0 aliphatic carbocycles. The first-order valence-electron chi connectivity index (χ1n) is 4.21. The van der Waals surface area contributed by atoms with E-state index in [0.29, 0.717) is 0 Å². The molecule has 0 radical (unpaired) electrons. The van der Waals surface area contributed by atoms with Gasteiger partial charge in [-0.25, -0.2) is 0 Å². The molecule has 0 N–H and O–H groups in total. The van der Waals surface area contributed by atoms with Gasteiger partial charge in [0.2, 0.25) is 0 Å². The van der Waals surface area contributed by atoms with Gasteiger partial charge in [0.1, 0.15) is 0 Å². The minimum atomic E-state index is 0.923. The van der Waals surface area contributed by atoms with E-state index in [1.54, 1.807) is 20.4 Å². The van der Waals surface area contributed by atoms with E-state index in [4.69, 9.17) is 4.84 Å². The van der Waals surface area contributed by atoms with Gasteiger partial charge in [0.25, 0.3) is 0 Å². The number of allylic oxidation sites excluding steroid dienone is 1. The molecule has 0 aliphatic rings. The first kappa shape index (κ1) is 11.3. The minimum Gasteiger partial charge on any atom is -0.302 e. The van der Waals surface area contributed by atoms with Crippen molar-refractivity contribution in [1.29, 1.82) is 0 Å². The molecular weight excluding hydrogens is 152 g/mol. The highest BCUT2D eigenvalue weighted by molar-refractivity contribution is 5.70. The molecule has 0 bridgehead atoms. The molecular formula is C9H18N2O. The fraction of sp³-hybridized carbons (Fsp3) is 0.667. The van der Waals surface area contributed by atoms with E-state index in [0.717, 1.165) is 19.5 Å². The number of aliphatic imine (C=N–C) groups is 1. The van der Waals surface area contributed by atoms with Crippen LogP contribution in [0.5, 0.6) is 0 Å². The van der Waals surface area contributed by atoms with E-state index in [9.17, 15) is 0 Å². The van der Waals surface area contributed by atoms with Crippen LogP contribution in [-0.2, 0) is 4.84 Å². The predicted octanol–water partition coefficient (Wildman–Crippen LogP) is 1.52. The maximum absolute atomic E-state index is 5.07. The van der Waals surface area contributed by atoms with Gasteiger partial charge in [-0.3, -0.25) is 4.99 Å². The van der Waals surface area contributed by atoms with Crippen molar-refractivity contribution in [2.75, 3.05) is 27.2 Å². The molecule has 12 heavy (non-hydrogen) atoms. The van der Waals surface area contributed by atoms with Gasteiger partial charge in [0.15, 0.2) is 0 Å². The largest absolute Gasteiger partial charge is 0.302 e. The van der Waals surface area contributed by atoms with E-state index < -0.39 is 0 Å². The van der Waals surface area contributed by atoms with Crippen LogP contribution in [0.1, 0.15) is 13.3 Å². The second-order valence-electron chi connectivity index (χ2n) is 2.33. The highest BCUT2D eigenvalue weighted by Gasteiger charge is 1.95. The van der Waals surface area contributed by atoms with Crippen LogP contribution in [0.2, 0.25) is 0 Å². The van der Waals surface area contributed by atoms with Crippen molar-refractivity contribution in [3.8, 4) is 0 Å². The Hall–Kier alpha value is -0.670. The molecule has 0 aromatic heterocycles.